The smallest absolute Gasteiger partial charge is 0.132 e. The molecule has 0 saturated heterocycles. The van der Waals surface area contributed by atoms with Gasteiger partial charge < -0.3 is 20.1 Å². The number of pyridine rings is 1. The van der Waals surface area contributed by atoms with Gasteiger partial charge in [0.1, 0.15) is 5.82 Å². The van der Waals surface area contributed by atoms with E-state index in [9.17, 15) is 5.11 Å². The van der Waals surface area contributed by atoms with Gasteiger partial charge in [-0.3, -0.25) is 0 Å². The lowest BCUT2D eigenvalue weighted by Gasteiger charge is -2.22. The van der Waals surface area contributed by atoms with Crippen molar-refractivity contribution in [3.63, 3.8) is 0 Å². The van der Waals surface area contributed by atoms with E-state index < -0.39 is 0 Å². The molecule has 108 valence electrons. The summed E-state index contributed by atoms with van der Waals surface area (Å²) in [6, 6.07) is 4.01. The van der Waals surface area contributed by atoms with Gasteiger partial charge in [-0.1, -0.05) is 6.07 Å². The molecule has 1 heterocycles. The lowest BCUT2D eigenvalue weighted by Crippen LogP contribution is -2.26. The van der Waals surface area contributed by atoms with Crippen molar-refractivity contribution in [2.24, 2.45) is 0 Å². The van der Waals surface area contributed by atoms with E-state index in [0.29, 0.717) is 6.61 Å². The Labute approximate surface area is 115 Å². The summed E-state index contributed by atoms with van der Waals surface area (Å²) in [4.78, 5) is 6.51. The molecule has 1 atom stereocenters. The largest absolute Gasteiger partial charge is 0.393 e. The number of rotatable bonds is 9. The number of aliphatic hydroxyl groups is 1. The van der Waals surface area contributed by atoms with Crippen LogP contribution in [0.25, 0.3) is 0 Å². The van der Waals surface area contributed by atoms with E-state index in [4.69, 9.17) is 4.74 Å². The van der Waals surface area contributed by atoms with Crippen LogP contribution in [-0.4, -0.2) is 50.0 Å². The summed E-state index contributed by atoms with van der Waals surface area (Å²) >= 11 is 0. The predicted molar refractivity (Wildman–Crippen MR) is 77.4 cm³/mol. The van der Waals surface area contributed by atoms with E-state index in [0.717, 1.165) is 37.4 Å². The standard InChI is InChI=1S/C14H25N3O2/c1-12(18)6-9-17(2)14-13(5-4-7-16-14)11-15-8-10-19-3/h4-5,7,12,15,18H,6,8-11H2,1-3H3. The first-order valence-electron chi connectivity index (χ1n) is 6.68. The molecule has 0 aromatic carbocycles. The fraction of sp³-hybridized carbons (Fsp3) is 0.643. The molecule has 1 aromatic heterocycles. The molecule has 0 spiro atoms. The van der Waals surface area contributed by atoms with Crippen molar-refractivity contribution in [2.75, 3.05) is 38.8 Å². The van der Waals surface area contributed by atoms with Crippen molar-refractivity contribution in [1.29, 1.82) is 0 Å². The van der Waals surface area contributed by atoms with Gasteiger partial charge in [-0.2, -0.15) is 0 Å². The third-order valence-electron chi connectivity index (χ3n) is 2.91. The number of nitrogens with one attached hydrogen (secondary N) is 1. The quantitative estimate of drug-likeness (QED) is 0.654. The Kier molecular flexibility index (Phi) is 7.40. The monoisotopic (exact) mass is 267 g/mol. The molecule has 2 N–H and O–H groups in total. The molecule has 0 aliphatic carbocycles. The summed E-state index contributed by atoms with van der Waals surface area (Å²) in [5.74, 6) is 0.966. The Balaban J connectivity index is 2.56. The Morgan fingerprint density at radius 2 is 2.32 bits per heavy atom. The average molecular weight is 267 g/mol. The molecular weight excluding hydrogens is 242 g/mol. The Morgan fingerprint density at radius 1 is 1.53 bits per heavy atom. The van der Waals surface area contributed by atoms with Gasteiger partial charge in [-0.15, -0.1) is 0 Å². The van der Waals surface area contributed by atoms with Crippen molar-refractivity contribution < 1.29 is 9.84 Å². The number of aliphatic hydroxyl groups excluding tert-OH is 1. The SMILES string of the molecule is COCCNCc1cccnc1N(C)CCC(C)O. The Morgan fingerprint density at radius 3 is 3.00 bits per heavy atom. The maximum absolute atomic E-state index is 9.34. The van der Waals surface area contributed by atoms with Gasteiger partial charge in [0.05, 0.1) is 12.7 Å². The predicted octanol–water partition coefficient (Wildman–Crippen LogP) is 1.02. The maximum atomic E-state index is 9.34. The van der Waals surface area contributed by atoms with E-state index >= 15 is 0 Å². The summed E-state index contributed by atoms with van der Waals surface area (Å²) in [6.07, 6.45) is 2.26. The van der Waals surface area contributed by atoms with Crippen LogP contribution in [0.3, 0.4) is 0 Å². The highest BCUT2D eigenvalue weighted by Crippen LogP contribution is 2.16. The van der Waals surface area contributed by atoms with E-state index in [2.05, 4.69) is 21.3 Å². The number of hydrogen-bond acceptors (Lipinski definition) is 5. The lowest BCUT2D eigenvalue weighted by molar-refractivity contribution is 0.186. The van der Waals surface area contributed by atoms with Crippen LogP contribution < -0.4 is 10.2 Å². The first-order chi connectivity index (χ1) is 9.15. The van der Waals surface area contributed by atoms with Crippen LogP contribution in [0.5, 0.6) is 0 Å². The van der Waals surface area contributed by atoms with Crippen LogP contribution in [0.4, 0.5) is 5.82 Å². The molecule has 19 heavy (non-hydrogen) atoms. The summed E-state index contributed by atoms with van der Waals surface area (Å²) in [6.45, 7) is 4.89. The molecule has 5 nitrogen and oxygen atoms in total. The van der Waals surface area contributed by atoms with Gasteiger partial charge in [0.15, 0.2) is 0 Å². The molecule has 0 bridgehead atoms. The van der Waals surface area contributed by atoms with Crippen molar-refractivity contribution in [3.8, 4) is 0 Å². The minimum absolute atomic E-state index is 0.283. The van der Waals surface area contributed by atoms with Crippen LogP contribution in [0.15, 0.2) is 18.3 Å². The van der Waals surface area contributed by atoms with E-state index in [1.807, 2.05) is 13.1 Å². The van der Waals surface area contributed by atoms with Crippen molar-refractivity contribution >= 4 is 5.82 Å². The molecule has 1 rings (SSSR count). The molecule has 0 amide bonds. The first kappa shape index (κ1) is 15.9. The summed E-state index contributed by atoms with van der Waals surface area (Å²) < 4.78 is 5.01. The number of methoxy groups -OCH3 is 1. The molecule has 0 radical (unpaired) electrons. The van der Waals surface area contributed by atoms with E-state index in [1.165, 1.54) is 0 Å². The number of anilines is 1. The zero-order valence-electron chi connectivity index (χ0n) is 12.1. The second-order valence-corrected chi connectivity index (χ2v) is 4.71. The van der Waals surface area contributed by atoms with Gasteiger partial charge in [0, 0.05) is 45.6 Å². The molecule has 5 heteroatoms. The summed E-state index contributed by atoms with van der Waals surface area (Å²) in [5, 5.41) is 12.7. The fourth-order valence-electron chi connectivity index (χ4n) is 1.80. The second kappa shape index (κ2) is 8.85. The van der Waals surface area contributed by atoms with Gasteiger partial charge >= 0.3 is 0 Å². The van der Waals surface area contributed by atoms with Gasteiger partial charge in [0.25, 0.3) is 0 Å². The molecular formula is C14H25N3O2. The first-order valence-corrected chi connectivity index (χ1v) is 6.68. The third kappa shape index (κ3) is 6.00. The molecule has 1 unspecified atom stereocenters. The van der Waals surface area contributed by atoms with Gasteiger partial charge in [-0.25, -0.2) is 4.98 Å². The van der Waals surface area contributed by atoms with Crippen LogP contribution in [0.1, 0.15) is 18.9 Å². The number of aromatic nitrogens is 1. The molecule has 0 fully saturated rings. The summed E-state index contributed by atoms with van der Waals surface area (Å²) in [5.41, 5.74) is 1.16. The van der Waals surface area contributed by atoms with Gasteiger partial charge in [0.2, 0.25) is 0 Å². The minimum atomic E-state index is -0.283. The topological polar surface area (TPSA) is 57.6 Å². The molecule has 0 saturated carbocycles. The summed E-state index contributed by atoms with van der Waals surface area (Å²) in [7, 11) is 3.70. The normalized spacial score (nSPS) is 12.4. The molecule has 0 aliphatic rings. The minimum Gasteiger partial charge on any atom is -0.393 e. The van der Waals surface area contributed by atoms with Crippen molar-refractivity contribution in [2.45, 2.75) is 26.0 Å². The highest BCUT2D eigenvalue weighted by Gasteiger charge is 2.09. The molecule has 0 aliphatic heterocycles. The van der Waals surface area contributed by atoms with Crippen molar-refractivity contribution in [3.05, 3.63) is 23.9 Å². The highest BCUT2D eigenvalue weighted by atomic mass is 16.5. The Bertz CT molecular complexity index is 358. The van der Waals surface area contributed by atoms with Crippen LogP contribution in [-0.2, 0) is 11.3 Å². The number of nitrogens with zero attached hydrogens (tertiary/aromatic N) is 2. The lowest BCUT2D eigenvalue weighted by atomic mass is 10.2. The third-order valence-corrected chi connectivity index (χ3v) is 2.91. The average Bonchev–Trinajstić information content (AvgIpc) is 2.41. The number of hydrogen-bond donors (Lipinski definition) is 2. The van der Waals surface area contributed by atoms with E-state index in [-0.39, 0.29) is 6.10 Å². The zero-order chi connectivity index (χ0) is 14.1. The van der Waals surface area contributed by atoms with Crippen molar-refractivity contribution in [1.82, 2.24) is 10.3 Å². The Hall–Kier alpha value is -1.17. The highest BCUT2D eigenvalue weighted by molar-refractivity contribution is 5.45. The van der Waals surface area contributed by atoms with Gasteiger partial charge in [-0.05, 0) is 19.4 Å². The van der Waals surface area contributed by atoms with Crippen LogP contribution in [0.2, 0.25) is 0 Å². The maximum Gasteiger partial charge on any atom is 0.132 e. The fourth-order valence-corrected chi connectivity index (χ4v) is 1.80. The second-order valence-electron chi connectivity index (χ2n) is 4.71. The van der Waals surface area contributed by atoms with E-state index in [1.54, 1.807) is 20.2 Å². The van der Waals surface area contributed by atoms with Crippen LogP contribution in [0, 0.1) is 0 Å². The van der Waals surface area contributed by atoms with Crippen LogP contribution >= 0.6 is 0 Å². The molecule has 1 aromatic rings. The zero-order valence-corrected chi connectivity index (χ0v) is 12.1. The number of ether oxygens (including phenoxy) is 1.